The molecule has 1 saturated heterocycles. The third-order valence-corrected chi connectivity index (χ3v) is 5.48. The van der Waals surface area contributed by atoms with Crippen LogP contribution in [0.3, 0.4) is 0 Å². The predicted molar refractivity (Wildman–Crippen MR) is 77.4 cm³/mol. The Balaban J connectivity index is 2.08. The molecule has 1 aromatic carbocycles. The number of aliphatic hydroxyl groups is 1. The van der Waals surface area contributed by atoms with E-state index in [1.165, 1.54) is 0 Å². The highest BCUT2D eigenvalue weighted by molar-refractivity contribution is 7.91. The second kappa shape index (κ2) is 5.69. The molecule has 1 aromatic rings. The van der Waals surface area contributed by atoms with Gasteiger partial charge in [0, 0.05) is 24.3 Å². The molecule has 0 spiro atoms. The topological polar surface area (TPSA) is 57.6 Å². The number of aliphatic hydroxyl groups excluding tert-OH is 1. The van der Waals surface area contributed by atoms with E-state index in [9.17, 15) is 8.42 Å². The summed E-state index contributed by atoms with van der Waals surface area (Å²) in [5.74, 6) is 0.736. The Morgan fingerprint density at radius 2 is 2.16 bits per heavy atom. The van der Waals surface area contributed by atoms with E-state index in [2.05, 4.69) is 0 Å². The Morgan fingerprint density at radius 3 is 2.74 bits per heavy atom. The molecule has 1 aliphatic rings. The van der Waals surface area contributed by atoms with E-state index in [1.54, 1.807) is 6.07 Å². The van der Waals surface area contributed by atoms with E-state index in [0.29, 0.717) is 17.3 Å². The van der Waals surface area contributed by atoms with Crippen LogP contribution in [-0.4, -0.2) is 38.6 Å². The second-order valence-electron chi connectivity index (χ2n) is 5.13. The summed E-state index contributed by atoms with van der Waals surface area (Å²) in [6.45, 7) is 0.629. The number of hydrogen-bond donors (Lipinski definition) is 1. The van der Waals surface area contributed by atoms with Gasteiger partial charge in [-0.1, -0.05) is 11.6 Å². The first-order valence-electron chi connectivity index (χ1n) is 6.21. The van der Waals surface area contributed by atoms with Crippen LogP contribution in [0.15, 0.2) is 18.2 Å². The molecule has 0 saturated carbocycles. The fourth-order valence-electron chi connectivity index (χ4n) is 2.45. The third-order valence-electron chi connectivity index (χ3n) is 3.42. The van der Waals surface area contributed by atoms with Crippen LogP contribution < -0.4 is 4.90 Å². The second-order valence-corrected chi connectivity index (χ2v) is 7.79. The van der Waals surface area contributed by atoms with E-state index >= 15 is 0 Å². The van der Waals surface area contributed by atoms with Crippen LogP contribution in [0.1, 0.15) is 12.0 Å². The van der Waals surface area contributed by atoms with Crippen LogP contribution in [0.25, 0.3) is 0 Å². The molecule has 0 bridgehead atoms. The molecule has 2 rings (SSSR count). The lowest BCUT2D eigenvalue weighted by molar-refractivity contribution is 0.282. The number of hydrogen-bond acceptors (Lipinski definition) is 4. The molecular formula is C13H18ClNO3S. The maximum atomic E-state index is 11.4. The zero-order valence-electron chi connectivity index (χ0n) is 10.8. The molecule has 1 atom stereocenters. The van der Waals surface area contributed by atoms with Crippen molar-refractivity contribution >= 4 is 27.1 Å². The Labute approximate surface area is 118 Å². The highest BCUT2D eigenvalue weighted by Crippen LogP contribution is 2.25. The molecule has 4 nitrogen and oxygen atoms in total. The summed E-state index contributed by atoms with van der Waals surface area (Å²) >= 11 is 6.00. The van der Waals surface area contributed by atoms with E-state index in [-0.39, 0.29) is 18.3 Å². The fraction of sp³-hybridized carbons (Fsp3) is 0.538. The quantitative estimate of drug-likeness (QED) is 0.920. The fourth-order valence-corrected chi connectivity index (χ4v) is 4.56. The first-order valence-corrected chi connectivity index (χ1v) is 8.41. The van der Waals surface area contributed by atoms with Crippen molar-refractivity contribution in [2.75, 3.05) is 30.0 Å². The number of anilines is 1. The minimum absolute atomic E-state index is 0.0563. The lowest BCUT2D eigenvalue weighted by atomic mass is 10.1. The molecule has 1 unspecified atom stereocenters. The third kappa shape index (κ3) is 3.84. The van der Waals surface area contributed by atoms with Crippen molar-refractivity contribution in [1.29, 1.82) is 0 Å². The van der Waals surface area contributed by atoms with Gasteiger partial charge in [-0.25, -0.2) is 8.42 Å². The van der Waals surface area contributed by atoms with E-state index in [1.807, 2.05) is 24.1 Å². The van der Waals surface area contributed by atoms with Crippen LogP contribution in [0.5, 0.6) is 0 Å². The monoisotopic (exact) mass is 303 g/mol. The number of rotatable bonds is 4. The highest BCUT2D eigenvalue weighted by atomic mass is 35.5. The molecule has 1 aliphatic heterocycles. The average Bonchev–Trinajstić information content (AvgIpc) is 2.67. The summed E-state index contributed by atoms with van der Waals surface area (Å²) in [7, 11) is -0.923. The summed E-state index contributed by atoms with van der Waals surface area (Å²) in [5.41, 5.74) is 1.66. The van der Waals surface area contributed by atoms with Crippen LogP contribution in [-0.2, 0) is 16.4 Å². The molecule has 19 heavy (non-hydrogen) atoms. The van der Waals surface area contributed by atoms with Gasteiger partial charge in [0.25, 0.3) is 0 Å². The van der Waals surface area contributed by atoms with Gasteiger partial charge in [0.2, 0.25) is 0 Å². The van der Waals surface area contributed by atoms with E-state index in [0.717, 1.165) is 17.7 Å². The van der Waals surface area contributed by atoms with Gasteiger partial charge in [-0.2, -0.15) is 0 Å². The van der Waals surface area contributed by atoms with E-state index < -0.39 is 9.84 Å². The van der Waals surface area contributed by atoms with Crippen LogP contribution in [0.4, 0.5) is 5.69 Å². The summed E-state index contributed by atoms with van der Waals surface area (Å²) in [6, 6.07) is 5.42. The Hall–Kier alpha value is -0.780. The number of benzene rings is 1. The molecular weight excluding hydrogens is 286 g/mol. The van der Waals surface area contributed by atoms with Gasteiger partial charge in [-0.15, -0.1) is 0 Å². The standard InChI is InChI=1S/C13H18ClNO3S/c1-15(7-10-2-3-19(17,18)9-10)13-5-11(8-16)4-12(14)6-13/h4-6,10,16H,2-3,7-9H2,1H3. The molecule has 0 radical (unpaired) electrons. The van der Waals surface area contributed by atoms with E-state index in [4.69, 9.17) is 16.7 Å². The van der Waals surface area contributed by atoms with Gasteiger partial charge in [0.15, 0.2) is 9.84 Å². The van der Waals surface area contributed by atoms with Crippen molar-refractivity contribution in [2.45, 2.75) is 13.0 Å². The number of sulfone groups is 1. The molecule has 1 heterocycles. The smallest absolute Gasteiger partial charge is 0.150 e. The minimum Gasteiger partial charge on any atom is -0.392 e. The SMILES string of the molecule is CN(CC1CCS(=O)(=O)C1)c1cc(Cl)cc(CO)c1. The van der Waals surface area contributed by atoms with Gasteiger partial charge in [0.1, 0.15) is 0 Å². The lowest BCUT2D eigenvalue weighted by Gasteiger charge is -2.23. The summed E-state index contributed by atoms with van der Waals surface area (Å²) in [5, 5.41) is 9.74. The van der Waals surface area contributed by atoms with Crippen molar-refractivity contribution in [3.05, 3.63) is 28.8 Å². The zero-order valence-corrected chi connectivity index (χ0v) is 12.4. The summed E-state index contributed by atoms with van der Waals surface area (Å²) in [6.07, 6.45) is 0.722. The molecule has 0 aromatic heterocycles. The van der Waals surface area contributed by atoms with Crippen LogP contribution >= 0.6 is 11.6 Å². The maximum absolute atomic E-state index is 11.4. The largest absolute Gasteiger partial charge is 0.392 e. The van der Waals surface area contributed by atoms with Crippen molar-refractivity contribution < 1.29 is 13.5 Å². The van der Waals surface area contributed by atoms with Gasteiger partial charge in [-0.3, -0.25) is 0 Å². The molecule has 1 N–H and O–H groups in total. The normalized spacial score (nSPS) is 21.5. The molecule has 6 heteroatoms. The Morgan fingerprint density at radius 1 is 1.42 bits per heavy atom. The van der Waals surface area contributed by atoms with Crippen LogP contribution in [0, 0.1) is 5.92 Å². The van der Waals surface area contributed by atoms with Gasteiger partial charge in [-0.05, 0) is 36.1 Å². The number of nitrogens with zero attached hydrogens (tertiary/aromatic N) is 1. The zero-order chi connectivity index (χ0) is 14.0. The number of halogens is 1. The lowest BCUT2D eigenvalue weighted by Crippen LogP contribution is -2.26. The predicted octanol–water partition coefficient (Wildman–Crippen LogP) is 1.70. The molecule has 1 fully saturated rings. The summed E-state index contributed by atoms with van der Waals surface area (Å²) in [4.78, 5) is 2.00. The Bertz CT molecular complexity index is 559. The molecule has 0 amide bonds. The molecule has 0 aliphatic carbocycles. The van der Waals surface area contributed by atoms with Crippen molar-refractivity contribution in [3.8, 4) is 0 Å². The van der Waals surface area contributed by atoms with Gasteiger partial charge in [0.05, 0.1) is 18.1 Å². The highest BCUT2D eigenvalue weighted by Gasteiger charge is 2.28. The van der Waals surface area contributed by atoms with Gasteiger partial charge < -0.3 is 10.0 Å². The van der Waals surface area contributed by atoms with Crippen molar-refractivity contribution in [2.24, 2.45) is 5.92 Å². The molecule has 106 valence electrons. The first kappa shape index (κ1) is 14.6. The first-order chi connectivity index (χ1) is 8.89. The van der Waals surface area contributed by atoms with Gasteiger partial charge >= 0.3 is 0 Å². The summed E-state index contributed by atoms with van der Waals surface area (Å²) < 4.78 is 22.9. The Kier molecular flexibility index (Phi) is 4.38. The van der Waals surface area contributed by atoms with Crippen LogP contribution in [0.2, 0.25) is 5.02 Å². The van der Waals surface area contributed by atoms with Crippen molar-refractivity contribution in [1.82, 2.24) is 0 Å². The van der Waals surface area contributed by atoms with Crippen molar-refractivity contribution in [3.63, 3.8) is 0 Å². The maximum Gasteiger partial charge on any atom is 0.150 e. The average molecular weight is 304 g/mol. The minimum atomic E-state index is -2.84.